The highest BCUT2D eigenvalue weighted by atomic mass is 35.5. The van der Waals surface area contributed by atoms with Crippen molar-refractivity contribution in [2.24, 2.45) is 26.9 Å². The second kappa shape index (κ2) is 17.4. The first-order valence-electron chi connectivity index (χ1n) is 14.7. The van der Waals surface area contributed by atoms with Crippen LogP contribution in [0.5, 0.6) is 0 Å². The molecule has 7 N–H and O–H groups in total. The highest BCUT2D eigenvalue weighted by Crippen LogP contribution is 2.19. The quantitative estimate of drug-likeness (QED) is 0.0606. The highest BCUT2D eigenvalue weighted by molar-refractivity contribution is 6.18. The van der Waals surface area contributed by atoms with Crippen molar-refractivity contribution in [1.29, 1.82) is 5.41 Å². The Labute approximate surface area is 298 Å². The molecular formula is C30H37Cl3N12O4. The van der Waals surface area contributed by atoms with Gasteiger partial charge in [0.25, 0.3) is 23.6 Å². The van der Waals surface area contributed by atoms with Crippen LogP contribution in [0.1, 0.15) is 48.2 Å². The lowest BCUT2D eigenvalue weighted by Crippen LogP contribution is -2.28. The van der Waals surface area contributed by atoms with Crippen LogP contribution in [0.15, 0.2) is 48.7 Å². The van der Waals surface area contributed by atoms with Crippen LogP contribution in [0, 0.1) is 5.41 Å². The summed E-state index contributed by atoms with van der Waals surface area (Å²) in [5.74, 6) is -0.773. The number of hydrogen-bond donors (Lipinski definition) is 6. The van der Waals surface area contributed by atoms with Crippen molar-refractivity contribution in [3.63, 3.8) is 0 Å². The van der Waals surface area contributed by atoms with E-state index in [0.717, 1.165) is 5.69 Å². The number of aromatic nitrogens is 5. The predicted molar refractivity (Wildman–Crippen MR) is 192 cm³/mol. The zero-order chi connectivity index (χ0) is 35.0. The number of benzene rings is 1. The molecule has 0 radical (unpaired) electrons. The van der Waals surface area contributed by atoms with Gasteiger partial charge in [-0.1, -0.05) is 0 Å². The Morgan fingerprint density at radius 2 is 1.33 bits per heavy atom. The molecular weight excluding hydrogens is 699 g/mol. The van der Waals surface area contributed by atoms with Gasteiger partial charge in [0.15, 0.2) is 11.6 Å². The number of aryl methyl sites for hydroxylation is 3. The van der Waals surface area contributed by atoms with Gasteiger partial charge in [-0.25, -0.2) is 0 Å². The number of nitrogens with zero attached hydrogens (tertiary/aromatic N) is 6. The third kappa shape index (κ3) is 9.98. The van der Waals surface area contributed by atoms with Crippen LogP contribution in [-0.4, -0.2) is 85.0 Å². The number of hydrogen-bond acceptors (Lipinski definition) is 8. The smallest absolute Gasteiger partial charge is 0.275 e. The Bertz CT molecular complexity index is 1810. The summed E-state index contributed by atoms with van der Waals surface area (Å²) in [6.07, 6.45) is 1.79. The van der Waals surface area contributed by atoms with E-state index in [1.807, 2.05) is 17.0 Å². The molecule has 16 nitrogen and oxygen atoms in total. The molecule has 4 amide bonds. The molecule has 0 spiro atoms. The molecule has 0 atom stereocenters. The second-order valence-corrected chi connectivity index (χ2v) is 11.4. The summed E-state index contributed by atoms with van der Waals surface area (Å²) in [6.45, 7) is 1.44. The number of halogens is 3. The fraction of sp³-hybridized carbons (Fsp3) is 0.300. The van der Waals surface area contributed by atoms with E-state index in [1.165, 1.54) is 27.6 Å². The van der Waals surface area contributed by atoms with Gasteiger partial charge in [0.1, 0.15) is 17.1 Å². The molecule has 49 heavy (non-hydrogen) atoms. The molecule has 0 bridgehead atoms. The average Bonchev–Trinajstić information content (AvgIpc) is 3.71. The van der Waals surface area contributed by atoms with Crippen molar-refractivity contribution in [2.75, 3.05) is 52.2 Å². The fourth-order valence-corrected chi connectivity index (χ4v) is 5.11. The van der Waals surface area contributed by atoms with Crippen LogP contribution >= 0.6 is 35.6 Å². The first kappa shape index (κ1) is 38.4. The number of nitrogens with two attached hydrogens (primary N) is 1. The van der Waals surface area contributed by atoms with Gasteiger partial charge in [0.2, 0.25) is 0 Å². The number of anilines is 4. The van der Waals surface area contributed by atoms with E-state index in [0.29, 0.717) is 41.8 Å². The Morgan fingerprint density at radius 1 is 0.796 bits per heavy atom. The molecule has 0 fully saturated rings. The van der Waals surface area contributed by atoms with E-state index >= 15 is 0 Å². The zero-order valence-corrected chi connectivity index (χ0v) is 29.2. The predicted octanol–water partition coefficient (Wildman–Crippen LogP) is 3.01. The summed E-state index contributed by atoms with van der Waals surface area (Å²) in [6, 6.07) is 11.3. The molecule has 3 heterocycles. The van der Waals surface area contributed by atoms with Crippen LogP contribution in [0.3, 0.4) is 0 Å². The lowest BCUT2D eigenvalue weighted by molar-refractivity contribution is 0.0944. The number of nitrogens with one attached hydrogen (secondary N) is 5. The molecule has 0 aliphatic rings. The largest absolute Gasteiger partial charge is 0.388 e. The number of amides is 4. The molecule has 0 saturated heterocycles. The first-order valence-corrected chi connectivity index (χ1v) is 15.7. The van der Waals surface area contributed by atoms with Crippen molar-refractivity contribution in [3.8, 4) is 0 Å². The lowest BCUT2D eigenvalue weighted by Gasteiger charge is -2.22. The van der Waals surface area contributed by atoms with Crippen LogP contribution in [0.25, 0.3) is 0 Å². The Balaban J connectivity index is 0.00000650. The van der Waals surface area contributed by atoms with E-state index in [-0.39, 0.29) is 60.1 Å². The van der Waals surface area contributed by atoms with E-state index < -0.39 is 17.7 Å². The lowest BCUT2D eigenvalue weighted by atomic mass is 10.2. The number of alkyl halides is 2. The number of carbonyl (C=O) groups excluding carboxylic acids is 4. The molecule has 3 aromatic heterocycles. The molecule has 262 valence electrons. The summed E-state index contributed by atoms with van der Waals surface area (Å²) in [4.78, 5) is 53.5. The first-order chi connectivity index (χ1) is 22.9. The molecule has 1 aromatic carbocycles. The van der Waals surface area contributed by atoms with Gasteiger partial charge in [-0.3, -0.25) is 34.0 Å². The maximum atomic E-state index is 13.1. The molecule has 4 aromatic rings. The Hall–Kier alpha value is -5.06. The van der Waals surface area contributed by atoms with Gasteiger partial charge in [0, 0.05) is 88.5 Å². The minimum atomic E-state index is -0.568. The van der Waals surface area contributed by atoms with Crippen molar-refractivity contribution in [3.05, 3.63) is 71.3 Å². The molecule has 0 saturated carbocycles. The fourth-order valence-electron chi connectivity index (χ4n) is 4.70. The Morgan fingerprint density at radius 3 is 1.86 bits per heavy atom. The normalized spacial score (nSPS) is 10.6. The molecule has 4 rings (SSSR count). The monoisotopic (exact) mass is 734 g/mol. The number of amidine groups is 1. The summed E-state index contributed by atoms with van der Waals surface area (Å²) in [7, 11) is 4.75. The van der Waals surface area contributed by atoms with E-state index in [1.54, 1.807) is 44.0 Å². The van der Waals surface area contributed by atoms with Crippen molar-refractivity contribution >= 4 is 88.1 Å². The van der Waals surface area contributed by atoms with Crippen molar-refractivity contribution in [1.82, 2.24) is 29.4 Å². The number of carbonyl (C=O) groups is 4. The van der Waals surface area contributed by atoms with Gasteiger partial charge in [-0.15, -0.1) is 35.6 Å². The summed E-state index contributed by atoms with van der Waals surface area (Å²) in [5, 5.41) is 26.4. The maximum Gasteiger partial charge on any atom is 0.275 e. The maximum absolute atomic E-state index is 13.1. The van der Waals surface area contributed by atoms with Gasteiger partial charge < -0.3 is 36.5 Å². The van der Waals surface area contributed by atoms with Crippen LogP contribution in [-0.2, 0) is 21.1 Å². The SMILES string of the molecule is Cl.Cn1cc(NC(=O)c2cc(NC(=O)c3cc(NC(=O)c4ccc(N(CCCl)CCCl)cc4)nn3C)nn2C)cc1C(=O)NCCC(=N)N. The van der Waals surface area contributed by atoms with Crippen LogP contribution < -0.4 is 31.9 Å². The van der Waals surface area contributed by atoms with Gasteiger partial charge in [0.05, 0.1) is 11.5 Å². The Kier molecular flexibility index (Phi) is 13.6. The van der Waals surface area contributed by atoms with Crippen molar-refractivity contribution in [2.45, 2.75) is 6.42 Å². The molecule has 0 aliphatic heterocycles. The minimum absolute atomic E-state index is 0. The van der Waals surface area contributed by atoms with Gasteiger partial charge in [-0.2, -0.15) is 10.2 Å². The van der Waals surface area contributed by atoms with E-state index in [9.17, 15) is 19.2 Å². The number of rotatable bonds is 15. The third-order valence-electron chi connectivity index (χ3n) is 7.09. The second-order valence-electron chi connectivity index (χ2n) is 10.6. The highest BCUT2D eigenvalue weighted by Gasteiger charge is 2.20. The third-order valence-corrected chi connectivity index (χ3v) is 7.43. The zero-order valence-electron chi connectivity index (χ0n) is 26.9. The van der Waals surface area contributed by atoms with E-state index in [4.69, 9.17) is 34.3 Å². The summed E-state index contributed by atoms with van der Waals surface area (Å²) < 4.78 is 4.16. The van der Waals surface area contributed by atoms with Crippen LogP contribution in [0.2, 0.25) is 0 Å². The standard InChI is InChI=1S/C30H36Cl2N12O4.ClH/c1-41-17-19(14-21(41)28(46)35-11-8-24(33)34)36-29(47)22-15-26(40-42(22)2)38-30(48)23-16-25(39-43(23)3)37-27(45)18-4-6-20(7-5-18)44(12-9-31)13-10-32;/h4-7,14-17H,8-13H2,1-3H3,(H3,33,34)(H,35,46)(H,36,47)(H,37,39,45)(H,38,40,48);1H. The molecule has 0 unspecified atom stereocenters. The average molecular weight is 736 g/mol. The van der Waals surface area contributed by atoms with E-state index in [2.05, 4.69) is 31.5 Å². The van der Waals surface area contributed by atoms with Gasteiger partial charge in [-0.05, 0) is 30.3 Å². The van der Waals surface area contributed by atoms with Crippen molar-refractivity contribution < 1.29 is 19.2 Å². The molecule has 0 aliphatic carbocycles. The van der Waals surface area contributed by atoms with Crippen LogP contribution in [0.4, 0.5) is 23.0 Å². The van der Waals surface area contributed by atoms with Gasteiger partial charge >= 0.3 is 0 Å². The summed E-state index contributed by atoms with van der Waals surface area (Å²) >= 11 is 11.8. The summed E-state index contributed by atoms with van der Waals surface area (Å²) in [5.41, 5.74) is 7.53. The minimum Gasteiger partial charge on any atom is -0.388 e. The molecule has 19 heteroatoms. The topological polar surface area (TPSA) is 210 Å².